The normalized spacial score (nSPS) is 32.2. The average molecular weight is 251 g/mol. The second-order valence-electron chi connectivity index (χ2n) is 4.30. The first-order valence-corrected chi connectivity index (χ1v) is 5.54. The molecule has 8 heteroatoms. The largest absolute Gasteiger partial charge is 0.388 e. The molecule has 4 N–H and O–H groups in total. The van der Waals surface area contributed by atoms with E-state index in [2.05, 4.69) is 15.0 Å². The van der Waals surface area contributed by atoms with Crippen molar-refractivity contribution in [3.05, 3.63) is 12.7 Å². The molecular weight excluding hydrogens is 238 g/mol. The van der Waals surface area contributed by atoms with Crippen LogP contribution in [0.5, 0.6) is 0 Å². The molecule has 1 aliphatic heterocycles. The Labute approximate surface area is 102 Å². The van der Waals surface area contributed by atoms with Gasteiger partial charge in [-0.15, -0.1) is 0 Å². The van der Waals surface area contributed by atoms with Gasteiger partial charge in [0.15, 0.2) is 17.7 Å². The van der Waals surface area contributed by atoms with Gasteiger partial charge in [-0.25, -0.2) is 15.0 Å². The van der Waals surface area contributed by atoms with Gasteiger partial charge in [0.2, 0.25) is 0 Å². The molecule has 8 nitrogen and oxygen atoms in total. The number of aromatic nitrogens is 4. The minimum Gasteiger partial charge on any atom is -0.388 e. The summed E-state index contributed by atoms with van der Waals surface area (Å²) in [5, 5.41) is 19.6. The van der Waals surface area contributed by atoms with E-state index >= 15 is 0 Å². The van der Waals surface area contributed by atoms with Gasteiger partial charge in [0, 0.05) is 0 Å². The SMILES string of the molecule is C[C@H]1O[C@@H](n2cnc3c(N)ncnc32)[C@H](O)C1O. The van der Waals surface area contributed by atoms with Crippen molar-refractivity contribution in [1.29, 1.82) is 0 Å². The number of hydrogen-bond acceptors (Lipinski definition) is 7. The van der Waals surface area contributed by atoms with Gasteiger partial charge in [0.05, 0.1) is 12.4 Å². The van der Waals surface area contributed by atoms with E-state index in [9.17, 15) is 10.2 Å². The number of aliphatic hydroxyl groups is 2. The summed E-state index contributed by atoms with van der Waals surface area (Å²) in [5.74, 6) is 0.264. The molecule has 0 saturated carbocycles. The molecule has 1 saturated heterocycles. The van der Waals surface area contributed by atoms with E-state index in [1.54, 1.807) is 11.5 Å². The fraction of sp³-hybridized carbons (Fsp3) is 0.500. The number of nitrogens with zero attached hydrogens (tertiary/aromatic N) is 4. The Morgan fingerprint density at radius 1 is 1.28 bits per heavy atom. The number of nitrogen functional groups attached to an aromatic ring is 1. The van der Waals surface area contributed by atoms with E-state index in [4.69, 9.17) is 10.5 Å². The lowest BCUT2D eigenvalue weighted by molar-refractivity contribution is -0.0299. The van der Waals surface area contributed by atoms with Gasteiger partial charge in [-0.2, -0.15) is 0 Å². The maximum absolute atomic E-state index is 9.93. The minimum atomic E-state index is -1.03. The molecule has 18 heavy (non-hydrogen) atoms. The second-order valence-corrected chi connectivity index (χ2v) is 4.30. The second kappa shape index (κ2) is 3.87. The zero-order valence-electron chi connectivity index (χ0n) is 9.63. The summed E-state index contributed by atoms with van der Waals surface area (Å²) in [6, 6.07) is 0. The monoisotopic (exact) mass is 251 g/mol. The third kappa shape index (κ3) is 1.47. The third-order valence-corrected chi connectivity index (χ3v) is 3.14. The summed E-state index contributed by atoms with van der Waals surface area (Å²) < 4.78 is 7.05. The molecule has 3 rings (SSSR count). The molecule has 2 aromatic rings. The number of ether oxygens (including phenoxy) is 1. The highest BCUT2D eigenvalue weighted by molar-refractivity contribution is 5.81. The van der Waals surface area contributed by atoms with Crippen molar-refractivity contribution in [1.82, 2.24) is 19.5 Å². The van der Waals surface area contributed by atoms with Crippen LogP contribution in [0.1, 0.15) is 13.2 Å². The first-order chi connectivity index (χ1) is 8.59. The average Bonchev–Trinajstić information content (AvgIpc) is 2.88. The minimum absolute atomic E-state index is 0.264. The van der Waals surface area contributed by atoms with Crippen molar-refractivity contribution in [3.8, 4) is 0 Å². The van der Waals surface area contributed by atoms with Gasteiger partial charge in [-0.05, 0) is 6.92 Å². The van der Waals surface area contributed by atoms with E-state index in [0.29, 0.717) is 11.2 Å². The van der Waals surface area contributed by atoms with Gasteiger partial charge in [-0.3, -0.25) is 4.57 Å². The van der Waals surface area contributed by atoms with Crippen LogP contribution in [-0.4, -0.2) is 48.0 Å². The fourth-order valence-corrected chi connectivity index (χ4v) is 2.11. The van der Waals surface area contributed by atoms with Crippen LogP contribution >= 0.6 is 0 Å². The predicted molar refractivity (Wildman–Crippen MR) is 61.3 cm³/mol. The van der Waals surface area contributed by atoms with Gasteiger partial charge in [0.1, 0.15) is 24.1 Å². The molecular formula is C10H13N5O3. The summed E-state index contributed by atoms with van der Waals surface area (Å²) in [4.78, 5) is 12.0. The molecule has 0 bridgehead atoms. The van der Waals surface area contributed by atoms with E-state index in [1.807, 2.05) is 0 Å². The molecule has 0 aromatic carbocycles. The number of aliphatic hydroxyl groups excluding tert-OH is 2. The Balaban J connectivity index is 2.08. The van der Waals surface area contributed by atoms with Gasteiger partial charge < -0.3 is 20.7 Å². The quantitative estimate of drug-likeness (QED) is 0.597. The molecule has 4 atom stereocenters. The van der Waals surface area contributed by atoms with Crippen LogP contribution in [0.4, 0.5) is 5.82 Å². The summed E-state index contributed by atoms with van der Waals surface area (Å²) in [6.45, 7) is 1.69. The number of nitrogens with two attached hydrogens (primary N) is 1. The lowest BCUT2D eigenvalue weighted by Gasteiger charge is -2.16. The maximum Gasteiger partial charge on any atom is 0.167 e. The molecule has 96 valence electrons. The first-order valence-electron chi connectivity index (χ1n) is 5.54. The topological polar surface area (TPSA) is 119 Å². The number of imidazole rings is 1. The number of hydrogen-bond donors (Lipinski definition) is 3. The standard InChI is InChI=1S/C10H13N5O3/c1-4-6(16)7(17)10(18-4)15-3-14-5-8(11)12-2-13-9(5)15/h2-4,6-7,10,16-17H,1H3,(H2,11,12,13)/t4-,6?,7-,10-/m1/s1. The highest BCUT2D eigenvalue weighted by Gasteiger charge is 2.41. The molecule has 0 aliphatic carbocycles. The Kier molecular flexibility index (Phi) is 2.44. The van der Waals surface area contributed by atoms with Crippen molar-refractivity contribution in [2.45, 2.75) is 31.5 Å². The van der Waals surface area contributed by atoms with Gasteiger partial charge in [0.25, 0.3) is 0 Å². The smallest absolute Gasteiger partial charge is 0.167 e. The van der Waals surface area contributed by atoms with Crippen LogP contribution in [0.25, 0.3) is 11.2 Å². The van der Waals surface area contributed by atoms with Crippen molar-refractivity contribution >= 4 is 17.0 Å². The van der Waals surface area contributed by atoms with E-state index < -0.39 is 24.5 Å². The Morgan fingerprint density at radius 2 is 2.06 bits per heavy atom. The van der Waals surface area contributed by atoms with Crippen molar-refractivity contribution < 1.29 is 14.9 Å². The maximum atomic E-state index is 9.93. The van der Waals surface area contributed by atoms with Crippen molar-refractivity contribution in [3.63, 3.8) is 0 Å². The van der Waals surface area contributed by atoms with Crippen molar-refractivity contribution in [2.75, 3.05) is 5.73 Å². The number of rotatable bonds is 1. The summed E-state index contributed by atoms with van der Waals surface area (Å²) >= 11 is 0. The zero-order chi connectivity index (χ0) is 12.9. The van der Waals surface area contributed by atoms with Crippen LogP contribution in [0.3, 0.4) is 0 Å². The fourth-order valence-electron chi connectivity index (χ4n) is 2.11. The zero-order valence-corrected chi connectivity index (χ0v) is 9.63. The summed E-state index contributed by atoms with van der Waals surface area (Å²) in [6.07, 6.45) is -0.373. The van der Waals surface area contributed by atoms with E-state index in [1.165, 1.54) is 12.7 Å². The summed E-state index contributed by atoms with van der Waals surface area (Å²) in [7, 11) is 0. The summed E-state index contributed by atoms with van der Waals surface area (Å²) in [5.41, 5.74) is 6.59. The molecule has 2 aromatic heterocycles. The first kappa shape index (κ1) is 11.3. The van der Waals surface area contributed by atoms with E-state index in [0.717, 1.165) is 0 Å². The van der Waals surface area contributed by atoms with Crippen LogP contribution in [-0.2, 0) is 4.74 Å². The highest BCUT2D eigenvalue weighted by atomic mass is 16.6. The molecule has 0 amide bonds. The van der Waals surface area contributed by atoms with Crippen molar-refractivity contribution in [2.24, 2.45) is 0 Å². The Bertz CT molecular complexity index is 586. The molecule has 1 fully saturated rings. The Hall–Kier alpha value is -1.77. The van der Waals surface area contributed by atoms with Crippen LogP contribution in [0, 0.1) is 0 Å². The van der Waals surface area contributed by atoms with Gasteiger partial charge >= 0.3 is 0 Å². The number of fused-ring (bicyclic) bond motifs is 1. The lowest BCUT2D eigenvalue weighted by Crippen LogP contribution is -2.30. The molecule has 0 radical (unpaired) electrons. The molecule has 0 spiro atoms. The lowest BCUT2D eigenvalue weighted by atomic mass is 10.1. The van der Waals surface area contributed by atoms with Gasteiger partial charge in [-0.1, -0.05) is 0 Å². The van der Waals surface area contributed by atoms with Crippen LogP contribution in [0.15, 0.2) is 12.7 Å². The Morgan fingerprint density at radius 3 is 2.72 bits per heavy atom. The molecule has 3 heterocycles. The highest BCUT2D eigenvalue weighted by Crippen LogP contribution is 2.31. The number of anilines is 1. The predicted octanol–water partition coefficient (Wildman–Crippen LogP) is -0.952. The van der Waals surface area contributed by atoms with E-state index in [-0.39, 0.29) is 5.82 Å². The molecule has 1 aliphatic rings. The molecule has 1 unspecified atom stereocenters. The van der Waals surface area contributed by atoms with Crippen LogP contribution in [0.2, 0.25) is 0 Å². The van der Waals surface area contributed by atoms with Crippen LogP contribution < -0.4 is 5.73 Å². The third-order valence-electron chi connectivity index (χ3n) is 3.14.